The van der Waals surface area contributed by atoms with Crippen LogP contribution in [0.25, 0.3) is 0 Å². The molecule has 1 saturated heterocycles. The van der Waals surface area contributed by atoms with Gasteiger partial charge < -0.3 is 9.64 Å². The Morgan fingerprint density at radius 3 is 2.62 bits per heavy atom. The fourth-order valence-corrected chi connectivity index (χ4v) is 2.97. The zero-order valence-electron chi connectivity index (χ0n) is 12.8. The van der Waals surface area contributed by atoms with Crippen molar-refractivity contribution in [1.82, 2.24) is 10.2 Å². The molecule has 3 atom stereocenters. The molecule has 0 aromatic heterocycles. The summed E-state index contributed by atoms with van der Waals surface area (Å²) in [5.74, 6) is 0.154. The van der Waals surface area contributed by atoms with Gasteiger partial charge >= 0.3 is 0 Å². The van der Waals surface area contributed by atoms with E-state index >= 15 is 0 Å². The summed E-state index contributed by atoms with van der Waals surface area (Å²) >= 11 is 5.95. The second-order valence-corrected chi connectivity index (χ2v) is 5.95. The Morgan fingerprint density at radius 1 is 1.38 bits per heavy atom. The van der Waals surface area contributed by atoms with E-state index < -0.39 is 0 Å². The van der Waals surface area contributed by atoms with Crippen LogP contribution in [0.15, 0.2) is 24.3 Å². The number of amides is 1. The van der Waals surface area contributed by atoms with Crippen LogP contribution in [0.1, 0.15) is 38.4 Å². The number of benzene rings is 1. The van der Waals surface area contributed by atoms with Gasteiger partial charge in [0.1, 0.15) is 6.17 Å². The van der Waals surface area contributed by atoms with Crippen molar-refractivity contribution in [3.8, 4) is 0 Å². The third-order valence-corrected chi connectivity index (χ3v) is 4.09. The van der Waals surface area contributed by atoms with Crippen molar-refractivity contribution in [2.24, 2.45) is 0 Å². The van der Waals surface area contributed by atoms with Crippen molar-refractivity contribution in [1.29, 1.82) is 0 Å². The topological polar surface area (TPSA) is 41.6 Å². The molecule has 0 spiro atoms. The lowest BCUT2D eigenvalue weighted by atomic mass is 10.1. The first-order chi connectivity index (χ1) is 10.1. The fourth-order valence-electron chi connectivity index (χ4n) is 2.84. The molecule has 1 N–H and O–H groups in total. The number of halogens is 1. The van der Waals surface area contributed by atoms with Crippen LogP contribution >= 0.6 is 11.6 Å². The van der Waals surface area contributed by atoms with Crippen LogP contribution in [0.3, 0.4) is 0 Å². The van der Waals surface area contributed by atoms with Gasteiger partial charge in [-0.3, -0.25) is 10.1 Å². The Bertz CT molecular complexity index is 478. The number of hydrogen-bond acceptors (Lipinski definition) is 3. The molecule has 1 aromatic rings. The molecule has 1 amide bonds. The summed E-state index contributed by atoms with van der Waals surface area (Å²) < 4.78 is 5.22. The maximum atomic E-state index is 12.6. The normalized spacial score (nSPS) is 23.6. The lowest BCUT2D eigenvalue weighted by Crippen LogP contribution is -2.40. The van der Waals surface area contributed by atoms with Gasteiger partial charge in [0, 0.05) is 12.1 Å². The summed E-state index contributed by atoms with van der Waals surface area (Å²) in [7, 11) is 1.66. The minimum atomic E-state index is -0.116. The Morgan fingerprint density at radius 2 is 2.05 bits per heavy atom. The van der Waals surface area contributed by atoms with Crippen molar-refractivity contribution < 1.29 is 9.53 Å². The van der Waals surface area contributed by atoms with Crippen molar-refractivity contribution >= 4 is 17.5 Å². The zero-order chi connectivity index (χ0) is 15.4. The van der Waals surface area contributed by atoms with Crippen molar-refractivity contribution in [2.45, 2.75) is 44.9 Å². The molecule has 0 saturated carbocycles. The number of methoxy groups -OCH3 is 1. The maximum absolute atomic E-state index is 12.6. The standard InChI is InChI=1S/C16H23ClN2O2/c1-4-5-14-16(20)19(11(2)10-21-3)15(18-14)12-6-8-13(17)9-7-12/h6-9,11,14-15,18H,4-5,10H2,1-3H3. The van der Waals surface area contributed by atoms with E-state index in [-0.39, 0.29) is 24.2 Å². The van der Waals surface area contributed by atoms with Gasteiger partial charge in [0.2, 0.25) is 5.91 Å². The molecule has 5 heteroatoms. The van der Waals surface area contributed by atoms with E-state index in [1.54, 1.807) is 7.11 Å². The molecule has 1 aromatic carbocycles. The molecular formula is C16H23ClN2O2. The number of carbonyl (C=O) groups excluding carboxylic acids is 1. The van der Waals surface area contributed by atoms with Gasteiger partial charge in [-0.25, -0.2) is 0 Å². The summed E-state index contributed by atoms with van der Waals surface area (Å²) in [6, 6.07) is 7.56. The zero-order valence-corrected chi connectivity index (χ0v) is 13.6. The average Bonchev–Trinajstić information content (AvgIpc) is 2.78. The molecule has 1 aliphatic rings. The molecule has 4 nitrogen and oxygen atoms in total. The van der Waals surface area contributed by atoms with Crippen molar-refractivity contribution in [3.63, 3.8) is 0 Å². The highest BCUT2D eigenvalue weighted by molar-refractivity contribution is 6.30. The third kappa shape index (κ3) is 3.57. The van der Waals surface area contributed by atoms with E-state index in [0.717, 1.165) is 18.4 Å². The molecule has 0 radical (unpaired) electrons. The van der Waals surface area contributed by atoms with Crippen LogP contribution in [0.5, 0.6) is 0 Å². The van der Waals surface area contributed by atoms with Crippen molar-refractivity contribution in [3.05, 3.63) is 34.9 Å². The van der Waals surface area contributed by atoms with Gasteiger partial charge in [-0.2, -0.15) is 0 Å². The Kier molecular flexibility index (Phi) is 5.62. The van der Waals surface area contributed by atoms with E-state index in [0.29, 0.717) is 11.6 Å². The van der Waals surface area contributed by atoms with Crippen LogP contribution < -0.4 is 5.32 Å². The smallest absolute Gasteiger partial charge is 0.241 e. The molecule has 0 aliphatic carbocycles. The molecular weight excluding hydrogens is 288 g/mol. The Balaban J connectivity index is 2.26. The summed E-state index contributed by atoms with van der Waals surface area (Å²) in [6.07, 6.45) is 1.71. The summed E-state index contributed by atoms with van der Waals surface area (Å²) in [6.45, 7) is 4.63. The van der Waals surface area contributed by atoms with Gasteiger partial charge in [0.15, 0.2) is 0 Å². The van der Waals surface area contributed by atoms with Gasteiger partial charge in [-0.15, -0.1) is 0 Å². The van der Waals surface area contributed by atoms with Crippen LogP contribution in [-0.2, 0) is 9.53 Å². The SMILES string of the molecule is CCCC1NC(c2ccc(Cl)cc2)N(C(C)COC)C1=O. The first-order valence-electron chi connectivity index (χ1n) is 7.41. The predicted molar refractivity (Wildman–Crippen MR) is 84.2 cm³/mol. The average molecular weight is 311 g/mol. The van der Waals surface area contributed by atoms with E-state index in [1.165, 1.54) is 0 Å². The fraction of sp³-hybridized carbons (Fsp3) is 0.562. The molecule has 3 unspecified atom stereocenters. The number of hydrogen-bond donors (Lipinski definition) is 1. The second-order valence-electron chi connectivity index (χ2n) is 5.51. The number of rotatable bonds is 6. The van der Waals surface area contributed by atoms with Crippen LogP contribution in [0.4, 0.5) is 0 Å². The van der Waals surface area contributed by atoms with Crippen molar-refractivity contribution in [2.75, 3.05) is 13.7 Å². The second kappa shape index (κ2) is 7.25. The van der Waals surface area contributed by atoms with E-state index in [2.05, 4.69) is 12.2 Å². The number of ether oxygens (including phenoxy) is 1. The Hall–Kier alpha value is -1.10. The van der Waals surface area contributed by atoms with E-state index in [4.69, 9.17) is 16.3 Å². The molecule has 1 aliphatic heterocycles. The monoisotopic (exact) mass is 310 g/mol. The van der Waals surface area contributed by atoms with Gasteiger partial charge in [0.25, 0.3) is 0 Å². The number of nitrogens with one attached hydrogen (secondary N) is 1. The third-order valence-electron chi connectivity index (χ3n) is 3.84. The van der Waals surface area contributed by atoms with Crippen LogP contribution in [0, 0.1) is 0 Å². The summed E-state index contributed by atoms with van der Waals surface area (Å²) in [4.78, 5) is 14.5. The van der Waals surface area contributed by atoms with Gasteiger partial charge in [0.05, 0.1) is 18.7 Å². The van der Waals surface area contributed by atoms with Crippen LogP contribution in [0.2, 0.25) is 5.02 Å². The first-order valence-corrected chi connectivity index (χ1v) is 7.79. The number of nitrogens with zero attached hydrogens (tertiary/aromatic N) is 1. The molecule has 2 rings (SSSR count). The van der Waals surface area contributed by atoms with Gasteiger partial charge in [-0.05, 0) is 31.0 Å². The lowest BCUT2D eigenvalue weighted by Gasteiger charge is -2.30. The lowest BCUT2D eigenvalue weighted by molar-refractivity contribution is -0.133. The molecule has 0 bridgehead atoms. The summed E-state index contributed by atoms with van der Waals surface area (Å²) in [5.41, 5.74) is 1.05. The molecule has 116 valence electrons. The van der Waals surface area contributed by atoms with E-state index in [9.17, 15) is 4.79 Å². The largest absolute Gasteiger partial charge is 0.383 e. The molecule has 1 fully saturated rings. The minimum Gasteiger partial charge on any atom is -0.383 e. The van der Waals surface area contributed by atoms with E-state index in [1.807, 2.05) is 36.1 Å². The summed E-state index contributed by atoms with van der Waals surface area (Å²) in [5, 5.41) is 4.14. The van der Waals surface area contributed by atoms with Gasteiger partial charge in [-0.1, -0.05) is 37.1 Å². The Labute approximate surface area is 131 Å². The quantitative estimate of drug-likeness (QED) is 0.878. The highest BCUT2D eigenvalue weighted by atomic mass is 35.5. The maximum Gasteiger partial charge on any atom is 0.241 e. The minimum absolute atomic E-state index is 0.0255. The molecule has 1 heterocycles. The van der Waals surface area contributed by atoms with Crippen LogP contribution in [-0.4, -0.2) is 36.6 Å². The highest BCUT2D eigenvalue weighted by Gasteiger charge is 2.41. The first kappa shape index (κ1) is 16.3. The predicted octanol–water partition coefficient (Wildman–Crippen LogP) is 2.97. The molecule has 21 heavy (non-hydrogen) atoms. The number of carbonyl (C=O) groups is 1. The highest BCUT2D eigenvalue weighted by Crippen LogP contribution is 2.29.